The Hall–Kier alpha value is -1.55. The molecule has 5 fully saturated rings. The Kier molecular flexibility index (Phi) is 5.09. The van der Waals surface area contributed by atoms with Crippen molar-refractivity contribution in [2.45, 2.75) is 51.4 Å². The molecule has 1 aromatic carbocycles. The minimum Gasteiger partial charge on any atom is -0.372 e. The first-order chi connectivity index (χ1) is 14.0. The van der Waals surface area contributed by atoms with Gasteiger partial charge in [-0.15, -0.1) is 0 Å². The van der Waals surface area contributed by atoms with Gasteiger partial charge >= 0.3 is 0 Å². The van der Waals surface area contributed by atoms with E-state index >= 15 is 0 Å². The highest BCUT2D eigenvalue weighted by Crippen LogP contribution is 2.60. The van der Waals surface area contributed by atoms with Gasteiger partial charge in [0, 0.05) is 31.0 Å². The molecule has 0 radical (unpaired) electrons. The van der Waals surface area contributed by atoms with E-state index < -0.39 is 0 Å². The average molecular weight is 396 g/mol. The third-order valence-corrected chi connectivity index (χ3v) is 8.25. The Morgan fingerprint density at radius 1 is 1.00 bits per heavy atom. The van der Waals surface area contributed by atoms with Crippen LogP contribution < -0.4 is 10.2 Å². The molecule has 1 amide bonds. The number of rotatable bonds is 5. The first-order valence-electron chi connectivity index (χ1n) is 11.8. The smallest absolute Gasteiger partial charge is 0.230 e. The summed E-state index contributed by atoms with van der Waals surface area (Å²) in [6.45, 7) is 3.47. The number of anilines is 2. The second-order valence-electron chi connectivity index (χ2n) is 10.9. The minimum absolute atomic E-state index is 0.0677. The molecule has 4 heteroatoms. The lowest BCUT2D eigenvalue weighted by Gasteiger charge is -2.55. The Balaban J connectivity index is 1.19. The third-order valence-electron chi connectivity index (χ3n) is 8.25. The van der Waals surface area contributed by atoms with Crippen molar-refractivity contribution in [2.75, 3.05) is 43.9 Å². The monoisotopic (exact) mass is 395 g/mol. The molecule has 4 aliphatic carbocycles. The normalized spacial score (nSPS) is 34.0. The predicted octanol–water partition coefficient (Wildman–Crippen LogP) is 4.62. The van der Waals surface area contributed by atoms with E-state index in [4.69, 9.17) is 0 Å². The summed E-state index contributed by atoms with van der Waals surface area (Å²) in [6.07, 6.45) is 10.1. The molecular weight excluding hydrogens is 358 g/mol. The molecule has 1 aliphatic heterocycles. The Bertz CT molecular complexity index is 698. The van der Waals surface area contributed by atoms with Crippen molar-refractivity contribution in [1.82, 2.24) is 4.90 Å². The Morgan fingerprint density at radius 2 is 1.55 bits per heavy atom. The molecule has 1 saturated heterocycles. The van der Waals surface area contributed by atoms with Gasteiger partial charge < -0.3 is 15.1 Å². The summed E-state index contributed by atoms with van der Waals surface area (Å²) < 4.78 is 0. The summed E-state index contributed by atoms with van der Waals surface area (Å²) in [5.74, 6) is 3.55. The average Bonchev–Trinajstić information content (AvgIpc) is 2.68. The van der Waals surface area contributed by atoms with E-state index in [0.717, 1.165) is 61.7 Å². The molecule has 0 atom stereocenters. The fourth-order valence-electron chi connectivity index (χ4n) is 7.30. The molecule has 29 heavy (non-hydrogen) atoms. The molecule has 4 nitrogen and oxygen atoms in total. The Morgan fingerprint density at radius 3 is 2.07 bits per heavy atom. The number of carbonyl (C=O) groups excluding carboxylic acids is 1. The molecule has 6 rings (SSSR count). The lowest BCUT2D eigenvalue weighted by Crippen LogP contribution is -2.51. The van der Waals surface area contributed by atoms with Gasteiger partial charge in [0.05, 0.1) is 5.41 Å². The van der Waals surface area contributed by atoms with Crippen LogP contribution >= 0.6 is 0 Å². The zero-order valence-corrected chi connectivity index (χ0v) is 18.2. The number of nitrogens with one attached hydrogen (secondary N) is 1. The molecule has 1 N–H and O–H groups in total. The van der Waals surface area contributed by atoms with Crippen molar-refractivity contribution in [3.63, 3.8) is 0 Å². The second kappa shape index (κ2) is 7.61. The molecule has 0 unspecified atom stereocenters. The van der Waals surface area contributed by atoms with Crippen molar-refractivity contribution in [3.05, 3.63) is 24.3 Å². The number of hydrogen-bond donors (Lipinski definition) is 1. The lowest BCUT2D eigenvalue weighted by atomic mass is 9.49. The first-order valence-corrected chi connectivity index (χ1v) is 11.8. The quantitative estimate of drug-likeness (QED) is 0.790. The molecule has 158 valence electrons. The minimum atomic E-state index is -0.0677. The van der Waals surface area contributed by atoms with Gasteiger partial charge in [-0.3, -0.25) is 4.79 Å². The number of amides is 1. The van der Waals surface area contributed by atoms with Crippen LogP contribution in [0, 0.1) is 29.1 Å². The van der Waals surface area contributed by atoms with E-state index in [0.29, 0.717) is 5.91 Å². The van der Waals surface area contributed by atoms with Crippen LogP contribution in [0.4, 0.5) is 11.4 Å². The van der Waals surface area contributed by atoms with Crippen LogP contribution in [0.3, 0.4) is 0 Å². The number of nitrogens with zero attached hydrogens (tertiary/aromatic N) is 2. The summed E-state index contributed by atoms with van der Waals surface area (Å²) in [6, 6.07) is 8.61. The van der Waals surface area contributed by atoms with Crippen LogP contribution in [-0.2, 0) is 4.79 Å². The highest BCUT2D eigenvalue weighted by Gasteiger charge is 2.54. The van der Waals surface area contributed by atoms with E-state index in [1.54, 1.807) is 0 Å². The van der Waals surface area contributed by atoms with Crippen molar-refractivity contribution >= 4 is 17.3 Å². The van der Waals surface area contributed by atoms with Gasteiger partial charge in [0.25, 0.3) is 0 Å². The van der Waals surface area contributed by atoms with Crippen LogP contribution in [0.5, 0.6) is 0 Å². The summed E-state index contributed by atoms with van der Waals surface area (Å²) in [4.78, 5) is 18.1. The molecular formula is C25H37N3O. The fraction of sp³-hybridized carbons (Fsp3) is 0.720. The largest absolute Gasteiger partial charge is 0.372 e. The van der Waals surface area contributed by atoms with Gasteiger partial charge in [-0.05, 0) is 113 Å². The lowest BCUT2D eigenvalue weighted by molar-refractivity contribution is -0.140. The van der Waals surface area contributed by atoms with E-state index in [9.17, 15) is 4.79 Å². The maximum absolute atomic E-state index is 13.3. The van der Waals surface area contributed by atoms with E-state index in [1.165, 1.54) is 44.3 Å². The molecule has 4 saturated carbocycles. The highest BCUT2D eigenvalue weighted by atomic mass is 16.2. The molecule has 4 bridgehead atoms. The second-order valence-corrected chi connectivity index (χ2v) is 10.9. The number of carbonyl (C=O) groups is 1. The van der Waals surface area contributed by atoms with Crippen molar-refractivity contribution in [3.8, 4) is 0 Å². The molecule has 1 heterocycles. The zero-order valence-electron chi connectivity index (χ0n) is 18.2. The predicted molar refractivity (Wildman–Crippen MR) is 119 cm³/mol. The van der Waals surface area contributed by atoms with Crippen LogP contribution in [0.1, 0.15) is 51.4 Å². The van der Waals surface area contributed by atoms with Crippen LogP contribution in [-0.4, -0.2) is 44.5 Å². The van der Waals surface area contributed by atoms with Gasteiger partial charge in [0.1, 0.15) is 0 Å². The van der Waals surface area contributed by atoms with E-state index in [-0.39, 0.29) is 5.41 Å². The molecule has 1 aromatic rings. The van der Waals surface area contributed by atoms with E-state index in [1.807, 2.05) is 0 Å². The topological polar surface area (TPSA) is 35.6 Å². The van der Waals surface area contributed by atoms with Gasteiger partial charge in [0.2, 0.25) is 5.91 Å². The zero-order chi connectivity index (χ0) is 20.0. The van der Waals surface area contributed by atoms with Crippen LogP contribution in [0.2, 0.25) is 0 Å². The number of benzene rings is 1. The van der Waals surface area contributed by atoms with Crippen LogP contribution in [0.15, 0.2) is 24.3 Å². The van der Waals surface area contributed by atoms with Gasteiger partial charge in [-0.1, -0.05) is 0 Å². The van der Waals surface area contributed by atoms with Gasteiger partial charge in [-0.2, -0.15) is 0 Å². The van der Waals surface area contributed by atoms with Gasteiger partial charge in [-0.25, -0.2) is 0 Å². The van der Waals surface area contributed by atoms with E-state index in [2.05, 4.69) is 53.5 Å². The highest BCUT2D eigenvalue weighted by molar-refractivity contribution is 5.95. The summed E-state index contributed by atoms with van der Waals surface area (Å²) in [7, 11) is 4.34. The third kappa shape index (κ3) is 3.93. The molecule has 5 aliphatic rings. The standard InChI is InChI=1S/C25H37N3O/c1-27(2)17-18-7-9-28(10-8-18)23-5-3-22(4-6-23)26-24(29)25-14-19-11-20(15-25)13-21(12-19)16-25/h3-6,18-21H,7-17H2,1-2H3,(H,26,29). The summed E-state index contributed by atoms with van der Waals surface area (Å²) >= 11 is 0. The summed E-state index contributed by atoms with van der Waals surface area (Å²) in [5, 5.41) is 3.29. The maximum atomic E-state index is 13.3. The molecule has 0 spiro atoms. The van der Waals surface area contributed by atoms with Crippen molar-refractivity contribution in [1.29, 1.82) is 0 Å². The van der Waals surface area contributed by atoms with Crippen molar-refractivity contribution in [2.24, 2.45) is 29.1 Å². The fourth-order valence-corrected chi connectivity index (χ4v) is 7.30. The SMILES string of the molecule is CN(C)CC1CCN(c2ccc(NC(=O)C34CC5CC(CC(C5)C3)C4)cc2)CC1. The first kappa shape index (κ1) is 19.4. The van der Waals surface area contributed by atoms with Crippen LogP contribution in [0.25, 0.3) is 0 Å². The van der Waals surface area contributed by atoms with Gasteiger partial charge in [0.15, 0.2) is 0 Å². The Labute approximate surface area is 176 Å². The number of piperidine rings is 1. The number of hydrogen-bond acceptors (Lipinski definition) is 3. The van der Waals surface area contributed by atoms with Crippen molar-refractivity contribution < 1.29 is 4.79 Å². The summed E-state index contributed by atoms with van der Waals surface area (Å²) in [5.41, 5.74) is 2.19. The maximum Gasteiger partial charge on any atom is 0.230 e. The molecule has 0 aromatic heterocycles.